The van der Waals surface area contributed by atoms with Crippen molar-refractivity contribution in [3.05, 3.63) is 35.4 Å². The monoisotopic (exact) mass is 245 g/mol. The molecule has 1 aromatic carbocycles. The summed E-state index contributed by atoms with van der Waals surface area (Å²) in [5.41, 5.74) is 1.25. The predicted molar refractivity (Wildman–Crippen MR) is 66.7 cm³/mol. The molecular weight excluding hydrogens is 234 g/mol. The summed E-state index contributed by atoms with van der Waals surface area (Å²) in [7, 11) is 0. The van der Waals surface area contributed by atoms with E-state index in [1.807, 2.05) is 6.07 Å². The zero-order valence-electron chi connectivity index (χ0n) is 9.18. The quantitative estimate of drug-likeness (QED) is 0.749. The van der Waals surface area contributed by atoms with Gasteiger partial charge in [-0.1, -0.05) is 30.4 Å². The Morgan fingerprint density at radius 3 is 2.53 bits per heavy atom. The van der Waals surface area contributed by atoms with E-state index in [1.54, 1.807) is 18.2 Å². The third kappa shape index (κ3) is 1.69. The number of hydrogen-bond donors (Lipinski definition) is 0. The van der Waals surface area contributed by atoms with Crippen molar-refractivity contribution >= 4 is 29.0 Å². The lowest BCUT2D eigenvalue weighted by atomic mass is 10.1. The highest BCUT2D eigenvalue weighted by atomic mass is 32.1. The minimum atomic E-state index is -0.267. The number of fused-ring (bicyclic) bond motifs is 1. The molecule has 1 saturated carbocycles. The summed E-state index contributed by atoms with van der Waals surface area (Å²) in [5, 5.41) is 0. The summed E-state index contributed by atoms with van der Waals surface area (Å²) in [5.74, 6) is 0.0387. The first-order chi connectivity index (χ1) is 8.18. The number of hydrogen-bond acceptors (Lipinski definition) is 3. The highest BCUT2D eigenvalue weighted by molar-refractivity contribution is 7.80. The maximum absolute atomic E-state index is 12.1. The van der Waals surface area contributed by atoms with Gasteiger partial charge in [0.25, 0.3) is 5.91 Å². The first-order valence-corrected chi connectivity index (χ1v) is 6.10. The van der Waals surface area contributed by atoms with E-state index in [-0.39, 0.29) is 11.8 Å². The second-order valence-electron chi connectivity index (χ2n) is 4.53. The van der Waals surface area contributed by atoms with Gasteiger partial charge in [0.15, 0.2) is 0 Å². The molecule has 1 aromatic rings. The van der Waals surface area contributed by atoms with Gasteiger partial charge < -0.3 is 0 Å². The maximum atomic E-state index is 12.1. The molecule has 0 atom stereocenters. The largest absolute Gasteiger partial charge is 0.274 e. The van der Waals surface area contributed by atoms with Crippen LogP contribution in [0.3, 0.4) is 0 Å². The van der Waals surface area contributed by atoms with E-state index < -0.39 is 0 Å². The molecule has 1 fully saturated rings. The Hall–Kier alpha value is -1.55. The molecule has 0 unspecified atom stereocenters. The fourth-order valence-electron chi connectivity index (χ4n) is 2.08. The van der Waals surface area contributed by atoms with Crippen LogP contribution >= 0.6 is 12.2 Å². The number of nitrogens with zero attached hydrogens (tertiary/aromatic N) is 1. The van der Waals surface area contributed by atoms with Gasteiger partial charge in [-0.05, 0) is 24.8 Å². The number of amides is 2. The third-order valence-electron chi connectivity index (χ3n) is 3.20. The summed E-state index contributed by atoms with van der Waals surface area (Å²) in [6, 6.07) is 7.12. The zero-order valence-corrected chi connectivity index (χ0v) is 10.00. The highest BCUT2D eigenvalue weighted by Crippen LogP contribution is 2.34. The lowest BCUT2D eigenvalue weighted by Gasteiger charge is -2.13. The van der Waals surface area contributed by atoms with Crippen LogP contribution in [-0.4, -0.2) is 21.7 Å². The van der Waals surface area contributed by atoms with Gasteiger partial charge in [-0.2, -0.15) is 0 Å². The van der Waals surface area contributed by atoms with E-state index in [0.717, 1.165) is 17.7 Å². The Balaban J connectivity index is 1.91. The Labute approximate surface area is 104 Å². The molecule has 3 nitrogen and oxygen atoms in total. The SMILES string of the molecule is O=C(CC1CC1)N1C(=O)c2ccccc2C1=S. The summed E-state index contributed by atoms with van der Waals surface area (Å²) in [6.07, 6.45) is 2.63. The van der Waals surface area contributed by atoms with Crippen molar-refractivity contribution in [2.45, 2.75) is 19.3 Å². The molecule has 4 heteroatoms. The molecule has 0 aromatic heterocycles. The van der Waals surface area contributed by atoms with E-state index in [2.05, 4.69) is 0 Å². The number of benzene rings is 1. The lowest BCUT2D eigenvalue weighted by Crippen LogP contribution is -2.35. The van der Waals surface area contributed by atoms with E-state index in [1.165, 1.54) is 0 Å². The highest BCUT2D eigenvalue weighted by Gasteiger charge is 2.38. The van der Waals surface area contributed by atoms with Crippen LogP contribution in [0.25, 0.3) is 0 Å². The number of carbonyl (C=O) groups excluding carboxylic acids is 2. The van der Waals surface area contributed by atoms with Crippen molar-refractivity contribution in [3.63, 3.8) is 0 Å². The van der Waals surface area contributed by atoms with Crippen LogP contribution in [0.1, 0.15) is 35.2 Å². The number of carbonyl (C=O) groups is 2. The number of imide groups is 1. The van der Waals surface area contributed by atoms with Gasteiger partial charge in [0, 0.05) is 12.0 Å². The van der Waals surface area contributed by atoms with Gasteiger partial charge in [0.1, 0.15) is 4.99 Å². The Bertz CT molecular complexity index is 499. The summed E-state index contributed by atoms with van der Waals surface area (Å²) in [4.78, 5) is 25.6. The molecule has 0 radical (unpaired) electrons. The smallest absolute Gasteiger partial charge is 0.266 e. The van der Waals surface area contributed by atoms with Crippen LogP contribution in [0.15, 0.2) is 24.3 Å². The van der Waals surface area contributed by atoms with E-state index in [4.69, 9.17) is 12.2 Å². The van der Waals surface area contributed by atoms with Gasteiger partial charge in [0.2, 0.25) is 5.91 Å². The Morgan fingerprint density at radius 2 is 1.94 bits per heavy atom. The van der Waals surface area contributed by atoms with Crippen LogP contribution in [0.4, 0.5) is 0 Å². The first kappa shape index (κ1) is 10.6. The van der Waals surface area contributed by atoms with Crippen molar-refractivity contribution in [2.75, 3.05) is 0 Å². The molecule has 3 rings (SSSR count). The standard InChI is InChI=1S/C13H11NO2S/c15-11(7-8-5-6-8)14-12(16)9-3-1-2-4-10(9)13(14)17/h1-4,8H,5-7H2. The number of thiocarbonyl (C=S) groups is 1. The van der Waals surface area contributed by atoms with Gasteiger partial charge in [0.05, 0.1) is 5.56 Å². The van der Waals surface area contributed by atoms with Crippen molar-refractivity contribution < 1.29 is 9.59 Å². The Morgan fingerprint density at radius 1 is 1.29 bits per heavy atom. The molecule has 2 aliphatic rings. The van der Waals surface area contributed by atoms with Crippen molar-refractivity contribution in [1.29, 1.82) is 0 Å². The van der Waals surface area contributed by atoms with Crippen molar-refractivity contribution in [2.24, 2.45) is 5.92 Å². The molecule has 2 amide bonds. The molecule has 17 heavy (non-hydrogen) atoms. The average molecular weight is 245 g/mol. The molecule has 0 N–H and O–H groups in total. The van der Waals surface area contributed by atoms with Crippen molar-refractivity contribution in [1.82, 2.24) is 4.90 Å². The van der Waals surface area contributed by atoms with Crippen LogP contribution in [0.2, 0.25) is 0 Å². The van der Waals surface area contributed by atoms with E-state index in [9.17, 15) is 9.59 Å². The third-order valence-corrected chi connectivity index (χ3v) is 3.61. The molecule has 0 spiro atoms. The minimum Gasteiger partial charge on any atom is -0.274 e. The van der Waals surface area contributed by atoms with Crippen molar-refractivity contribution in [3.8, 4) is 0 Å². The van der Waals surface area contributed by atoms with Crippen LogP contribution in [0.5, 0.6) is 0 Å². The van der Waals surface area contributed by atoms with Gasteiger partial charge in [-0.3, -0.25) is 9.59 Å². The molecule has 0 saturated heterocycles. The summed E-state index contributed by atoms with van der Waals surface area (Å²) < 4.78 is 0. The second kappa shape index (κ2) is 3.74. The lowest BCUT2D eigenvalue weighted by molar-refractivity contribution is -0.125. The molecule has 86 valence electrons. The minimum absolute atomic E-state index is 0.154. The predicted octanol–water partition coefficient (Wildman–Crippen LogP) is 2.14. The molecule has 1 aliphatic carbocycles. The van der Waals surface area contributed by atoms with E-state index >= 15 is 0 Å². The van der Waals surface area contributed by atoms with Crippen LogP contribution in [-0.2, 0) is 4.79 Å². The molecule has 1 aliphatic heterocycles. The fourth-order valence-corrected chi connectivity index (χ4v) is 2.44. The fraction of sp³-hybridized carbons (Fsp3) is 0.308. The Kier molecular flexibility index (Phi) is 2.33. The topological polar surface area (TPSA) is 37.4 Å². The normalized spacial score (nSPS) is 18.5. The second-order valence-corrected chi connectivity index (χ2v) is 4.92. The maximum Gasteiger partial charge on any atom is 0.266 e. The molecule has 0 bridgehead atoms. The van der Waals surface area contributed by atoms with Gasteiger partial charge >= 0.3 is 0 Å². The molecule has 1 heterocycles. The molecular formula is C13H11NO2S. The van der Waals surface area contributed by atoms with Gasteiger partial charge in [-0.15, -0.1) is 0 Å². The number of rotatable bonds is 2. The van der Waals surface area contributed by atoms with Crippen LogP contribution in [0, 0.1) is 5.92 Å². The zero-order chi connectivity index (χ0) is 12.0. The van der Waals surface area contributed by atoms with Gasteiger partial charge in [-0.25, -0.2) is 4.90 Å². The van der Waals surface area contributed by atoms with Crippen LogP contribution < -0.4 is 0 Å². The summed E-state index contributed by atoms with van der Waals surface area (Å²) >= 11 is 5.21. The average Bonchev–Trinajstić information content (AvgIpc) is 3.08. The summed E-state index contributed by atoms with van der Waals surface area (Å²) in [6.45, 7) is 0. The first-order valence-electron chi connectivity index (χ1n) is 5.69. The van der Waals surface area contributed by atoms with E-state index in [0.29, 0.717) is 28.5 Å².